The van der Waals surface area contributed by atoms with Crippen LogP contribution in [-0.2, 0) is 4.79 Å². The first-order valence-electron chi connectivity index (χ1n) is 4.01. The summed E-state index contributed by atoms with van der Waals surface area (Å²) < 4.78 is 0. The first kappa shape index (κ1) is 10.9. The van der Waals surface area contributed by atoms with Crippen LogP contribution in [0.1, 0.15) is 33.6 Å². The number of hydrogen-bond acceptors (Lipinski definition) is 2. The van der Waals surface area contributed by atoms with Crippen molar-refractivity contribution in [3.8, 4) is 0 Å². The smallest absolute Gasteiger partial charge is 0.318 e. The minimum atomic E-state index is -0.788. The summed E-state index contributed by atoms with van der Waals surface area (Å²) >= 11 is 0. The number of imide groups is 1. The van der Waals surface area contributed by atoms with Crippen LogP contribution in [0.2, 0.25) is 0 Å². The summed E-state index contributed by atoms with van der Waals surface area (Å²) in [6, 6.07) is -0.788. The zero-order valence-electron chi connectivity index (χ0n) is 7.81. The lowest BCUT2D eigenvalue weighted by Crippen LogP contribution is -2.43. The number of nitrogens with two attached hydrogens (primary N) is 1. The van der Waals surface area contributed by atoms with Crippen LogP contribution >= 0.6 is 0 Å². The average Bonchev–Trinajstić information content (AvgIpc) is 1.85. The van der Waals surface area contributed by atoms with Gasteiger partial charge in [-0.1, -0.05) is 27.2 Å². The van der Waals surface area contributed by atoms with Crippen LogP contribution in [0.3, 0.4) is 0 Å². The number of carbonyl (C=O) groups is 2. The fourth-order valence-electron chi connectivity index (χ4n) is 1.02. The van der Waals surface area contributed by atoms with Gasteiger partial charge in [-0.3, -0.25) is 10.1 Å². The summed E-state index contributed by atoms with van der Waals surface area (Å²) in [5, 5.41) is 2.07. The Kier molecular flexibility index (Phi) is 3.73. The summed E-state index contributed by atoms with van der Waals surface area (Å²) in [5.74, 6) is -0.308. The molecule has 0 aliphatic carbocycles. The van der Waals surface area contributed by atoms with Crippen LogP contribution in [0.4, 0.5) is 4.79 Å². The number of primary amides is 1. The van der Waals surface area contributed by atoms with E-state index in [-0.39, 0.29) is 5.91 Å². The first-order valence-corrected chi connectivity index (χ1v) is 4.01. The monoisotopic (exact) mass is 172 g/mol. The van der Waals surface area contributed by atoms with E-state index in [4.69, 9.17) is 5.73 Å². The molecule has 0 unspecified atom stereocenters. The number of hydrogen-bond donors (Lipinski definition) is 2. The van der Waals surface area contributed by atoms with Gasteiger partial charge in [0.2, 0.25) is 5.91 Å². The van der Waals surface area contributed by atoms with E-state index < -0.39 is 11.4 Å². The standard InChI is InChI=1S/C8H16N2O2/c1-4-5-8(2,3)6(11)10-7(9)12/h4-5H2,1-3H3,(H3,9,10,11,12). The lowest BCUT2D eigenvalue weighted by molar-refractivity contribution is -0.128. The molecule has 3 amide bonds. The predicted octanol–water partition coefficient (Wildman–Crippen LogP) is 1.01. The summed E-state index contributed by atoms with van der Waals surface area (Å²) in [6.45, 7) is 5.56. The van der Waals surface area contributed by atoms with Gasteiger partial charge in [-0.25, -0.2) is 4.79 Å². The fourth-order valence-corrected chi connectivity index (χ4v) is 1.02. The molecular weight excluding hydrogens is 156 g/mol. The number of nitrogens with one attached hydrogen (secondary N) is 1. The molecule has 0 aromatic rings. The van der Waals surface area contributed by atoms with Crippen molar-refractivity contribution in [1.82, 2.24) is 5.32 Å². The van der Waals surface area contributed by atoms with E-state index in [1.54, 1.807) is 13.8 Å². The summed E-state index contributed by atoms with van der Waals surface area (Å²) in [6.07, 6.45) is 1.64. The van der Waals surface area contributed by atoms with Gasteiger partial charge in [-0.2, -0.15) is 0 Å². The van der Waals surface area contributed by atoms with Gasteiger partial charge < -0.3 is 5.73 Å². The molecule has 0 aliphatic heterocycles. The molecule has 70 valence electrons. The molecule has 0 rings (SSSR count). The van der Waals surface area contributed by atoms with Crippen LogP contribution < -0.4 is 11.1 Å². The summed E-state index contributed by atoms with van der Waals surface area (Å²) in [7, 11) is 0. The third-order valence-corrected chi connectivity index (χ3v) is 1.73. The molecule has 0 aromatic carbocycles. The molecule has 0 saturated heterocycles. The first-order chi connectivity index (χ1) is 5.40. The average molecular weight is 172 g/mol. The Morgan fingerprint density at radius 2 is 1.92 bits per heavy atom. The van der Waals surface area contributed by atoms with Gasteiger partial charge in [0.05, 0.1) is 0 Å². The third kappa shape index (κ3) is 3.37. The third-order valence-electron chi connectivity index (χ3n) is 1.73. The highest BCUT2D eigenvalue weighted by Crippen LogP contribution is 2.21. The zero-order chi connectivity index (χ0) is 9.78. The lowest BCUT2D eigenvalue weighted by Gasteiger charge is -2.21. The second kappa shape index (κ2) is 4.09. The highest BCUT2D eigenvalue weighted by Gasteiger charge is 2.26. The molecule has 0 aromatic heterocycles. The Labute approximate surface area is 72.5 Å². The van der Waals surface area contributed by atoms with Gasteiger partial charge in [-0.05, 0) is 6.42 Å². The van der Waals surface area contributed by atoms with Gasteiger partial charge in [0, 0.05) is 5.41 Å². The number of rotatable bonds is 3. The van der Waals surface area contributed by atoms with Crippen molar-refractivity contribution < 1.29 is 9.59 Å². The van der Waals surface area contributed by atoms with Crippen molar-refractivity contribution >= 4 is 11.9 Å². The second-order valence-corrected chi connectivity index (χ2v) is 3.45. The molecule has 12 heavy (non-hydrogen) atoms. The van der Waals surface area contributed by atoms with Gasteiger partial charge in [0.15, 0.2) is 0 Å². The van der Waals surface area contributed by atoms with Crippen molar-refractivity contribution in [3.63, 3.8) is 0 Å². The van der Waals surface area contributed by atoms with Crippen molar-refractivity contribution in [2.45, 2.75) is 33.6 Å². The topological polar surface area (TPSA) is 72.2 Å². The quantitative estimate of drug-likeness (QED) is 0.666. The predicted molar refractivity (Wildman–Crippen MR) is 46.4 cm³/mol. The van der Waals surface area contributed by atoms with Crippen LogP contribution in [0.15, 0.2) is 0 Å². The van der Waals surface area contributed by atoms with E-state index >= 15 is 0 Å². The molecule has 0 radical (unpaired) electrons. The van der Waals surface area contributed by atoms with E-state index in [1.165, 1.54) is 0 Å². The summed E-state index contributed by atoms with van der Waals surface area (Å²) in [5.41, 5.74) is 4.31. The van der Waals surface area contributed by atoms with E-state index in [0.29, 0.717) is 0 Å². The molecule has 4 heteroatoms. The van der Waals surface area contributed by atoms with Crippen LogP contribution in [0, 0.1) is 5.41 Å². The Hall–Kier alpha value is -1.06. The number of carbonyl (C=O) groups excluding carboxylic acids is 2. The maximum Gasteiger partial charge on any atom is 0.318 e. The Morgan fingerprint density at radius 3 is 2.25 bits per heavy atom. The van der Waals surface area contributed by atoms with Gasteiger partial charge in [-0.15, -0.1) is 0 Å². The van der Waals surface area contributed by atoms with E-state index in [2.05, 4.69) is 5.32 Å². The summed E-state index contributed by atoms with van der Waals surface area (Å²) in [4.78, 5) is 21.6. The fraction of sp³-hybridized carbons (Fsp3) is 0.750. The number of urea groups is 1. The molecule has 4 nitrogen and oxygen atoms in total. The minimum absolute atomic E-state index is 0.308. The van der Waals surface area contributed by atoms with E-state index in [1.807, 2.05) is 6.92 Å². The van der Waals surface area contributed by atoms with Crippen molar-refractivity contribution in [3.05, 3.63) is 0 Å². The highest BCUT2D eigenvalue weighted by atomic mass is 16.2. The molecular formula is C8H16N2O2. The Balaban J connectivity index is 4.15. The Morgan fingerprint density at radius 1 is 1.42 bits per heavy atom. The molecule has 0 aliphatic rings. The molecule has 0 atom stereocenters. The van der Waals surface area contributed by atoms with E-state index in [9.17, 15) is 9.59 Å². The van der Waals surface area contributed by atoms with Gasteiger partial charge >= 0.3 is 6.03 Å². The normalized spacial score (nSPS) is 10.9. The molecule has 0 spiro atoms. The van der Waals surface area contributed by atoms with Crippen LogP contribution in [-0.4, -0.2) is 11.9 Å². The van der Waals surface area contributed by atoms with Gasteiger partial charge in [0.25, 0.3) is 0 Å². The maximum atomic E-state index is 11.3. The molecule has 0 fully saturated rings. The second-order valence-electron chi connectivity index (χ2n) is 3.45. The highest BCUT2D eigenvalue weighted by molar-refractivity contribution is 5.96. The lowest BCUT2D eigenvalue weighted by atomic mass is 9.87. The number of amides is 3. The van der Waals surface area contributed by atoms with Gasteiger partial charge in [0.1, 0.15) is 0 Å². The van der Waals surface area contributed by atoms with Crippen molar-refractivity contribution in [2.24, 2.45) is 11.1 Å². The molecule has 3 N–H and O–H groups in total. The van der Waals surface area contributed by atoms with Crippen molar-refractivity contribution in [1.29, 1.82) is 0 Å². The van der Waals surface area contributed by atoms with Crippen LogP contribution in [0.5, 0.6) is 0 Å². The van der Waals surface area contributed by atoms with Crippen LogP contribution in [0.25, 0.3) is 0 Å². The van der Waals surface area contributed by atoms with E-state index in [0.717, 1.165) is 12.8 Å². The Bertz CT molecular complexity index is 187. The SMILES string of the molecule is CCCC(C)(C)C(=O)NC(N)=O. The minimum Gasteiger partial charge on any atom is -0.351 e. The molecule has 0 heterocycles. The molecule has 0 saturated carbocycles. The maximum absolute atomic E-state index is 11.3. The molecule has 0 bridgehead atoms. The van der Waals surface area contributed by atoms with Crippen molar-refractivity contribution in [2.75, 3.05) is 0 Å². The largest absolute Gasteiger partial charge is 0.351 e. The zero-order valence-corrected chi connectivity index (χ0v) is 7.81.